The molecule has 10 heteroatoms. The standard InChI is InChI=1S/C19H26ClNO8/c1-10(2)17(24)28-18(11(3)4)29-19(25)21-9-15(16(22)23)27-14-8-12(20)6-7-13(14)26-5/h6-8,10-11,15,18H,9H2,1-5H3,(H,21,25)(H,22,23)/t15-,18-/m0/s1. The van der Waals surface area contributed by atoms with Gasteiger partial charge in [-0.1, -0.05) is 39.3 Å². The van der Waals surface area contributed by atoms with E-state index in [1.807, 2.05) is 0 Å². The van der Waals surface area contributed by atoms with Crippen LogP contribution in [0.15, 0.2) is 18.2 Å². The zero-order valence-corrected chi connectivity index (χ0v) is 17.7. The van der Waals surface area contributed by atoms with Gasteiger partial charge in [-0.15, -0.1) is 0 Å². The average Bonchev–Trinajstić information content (AvgIpc) is 2.64. The van der Waals surface area contributed by atoms with Crippen LogP contribution < -0.4 is 14.8 Å². The summed E-state index contributed by atoms with van der Waals surface area (Å²) < 4.78 is 20.7. The predicted molar refractivity (Wildman–Crippen MR) is 104 cm³/mol. The van der Waals surface area contributed by atoms with Crippen LogP contribution in [-0.2, 0) is 19.1 Å². The number of carboxylic acid groups (broad SMARTS) is 1. The summed E-state index contributed by atoms with van der Waals surface area (Å²) in [7, 11) is 1.39. The molecule has 0 fully saturated rings. The van der Waals surface area contributed by atoms with Gasteiger partial charge in [0, 0.05) is 17.0 Å². The lowest BCUT2D eigenvalue weighted by Crippen LogP contribution is -2.42. The molecule has 0 aromatic heterocycles. The molecule has 1 aromatic carbocycles. The molecule has 0 heterocycles. The minimum atomic E-state index is -1.44. The zero-order valence-electron chi connectivity index (χ0n) is 16.9. The van der Waals surface area contributed by atoms with Crippen molar-refractivity contribution in [2.45, 2.75) is 40.1 Å². The first kappa shape index (κ1) is 24.4. The van der Waals surface area contributed by atoms with Crippen LogP contribution in [0.25, 0.3) is 0 Å². The normalized spacial score (nSPS) is 12.8. The third kappa shape index (κ3) is 8.06. The molecule has 0 radical (unpaired) electrons. The highest BCUT2D eigenvalue weighted by Crippen LogP contribution is 2.30. The number of benzene rings is 1. The van der Waals surface area contributed by atoms with E-state index in [9.17, 15) is 19.5 Å². The molecule has 9 nitrogen and oxygen atoms in total. The number of carbonyl (C=O) groups excluding carboxylic acids is 2. The zero-order chi connectivity index (χ0) is 22.1. The van der Waals surface area contributed by atoms with Gasteiger partial charge in [0.05, 0.1) is 19.6 Å². The second-order valence-corrected chi connectivity index (χ2v) is 7.17. The van der Waals surface area contributed by atoms with Gasteiger partial charge < -0.3 is 29.4 Å². The van der Waals surface area contributed by atoms with Crippen molar-refractivity contribution in [1.29, 1.82) is 0 Å². The summed E-state index contributed by atoms with van der Waals surface area (Å²) in [5, 5.41) is 12.0. The molecular formula is C19H26ClNO8. The minimum absolute atomic E-state index is 0.105. The molecule has 0 unspecified atom stereocenters. The first-order valence-corrected chi connectivity index (χ1v) is 9.30. The van der Waals surface area contributed by atoms with Gasteiger partial charge in [0.1, 0.15) is 0 Å². The molecular weight excluding hydrogens is 406 g/mol. The van der Waals surface area contributed by atoms with Crippen LogP contribution in [0.4, 0.5) is 4.79 Å². The number of ether oxygens (including phenoxy) is 4. The van der Waals surface area contributed by atoms with Gasteiger partial charge in [-0.05, 0) is 12.1 Å². The Morgan fingerprint density at radius 3 is 2.28 bits per heavy atom. The molecule has 1 amide bonds. The van der Waals surface area contributed by atoms with Gasteiger partial charge in [-0.2, -0.15) is 0 Å². The fourth-order valence-electron chi connectivity index (χ4n) is 1.95. The monoisotopic (exact) mass is 431 g/mol. The van der Waals surface area contributed by atoms with Crippen molar-refractivity contribution < 1.29 is 38.4 Å². The number of amides is 1. The Hall–Kier alpha value is -2.68. The number of carboxylic acids is 1. The number of esters is 1. The number of halogens is 1. The van der Waals surface area contributed by atoms with Crippen LogP contribution in [0.3, 0.4) is 0 Å². The summed E-state index contributed by atoms with van der Waals surface area (Å²) in [5.74, 6) is -2.14. The molecule has 1 aromatic rings. The second-order valence-electron chi connectivity index (χ2n) is 6.73. The molecule has 162 valence electrons. The fraction of sp³-hybridized carbons (Fsp3) is 0.526. The van der Waals surface area contributed by atoms with E-state index in [1.54, 1.807) is 33.8 Å². The van der Waals surface area contributed by atoms with Crippen molar-refractivity contribution >= 4 is 29.6 Å². The SMILES string of the molecule is COc1ccc(Cl)cc1O[C@@H](CNC(=O)O[C@H](OC(=O)C(C)C)C(C)C)C(=O)O. The van der Waals surface area contributed by atoms with Crippen molar-refractivity contribution in [2.75, 3.05) is 13.7 Å². The largest absolute Gasteiger partial charge is 0.493 e. The lowest BCUT2D eigenvalue weighted by Gasteiger charge is -2.23. The van der Waals surface area contributed by atoms with Gasteiger partial charge in [0.15, 0.2) is 11.5 Å². The number of carbonyl (C=O) groups is 3. The number of aliphatic carboxylic acids is 1. The van der Waals surface area contributed by atoms with Gasteiger partial charge in [0.25, 0.3) is 6.29 Å². The highest BCUT2D eigenvalue weighted by Gasteiger charge is 2.26. The van der Waals surface area contributed by atoms with E-state index < -0.39 is 37.0 Å². The maximum atomic E-state index is 12.0. The first-order valence-electron chi connectivity index (χ1n) is 8.93. The quantitative estimate of drug-likeness (QED) is 0.428. The topological polar surface area (TPSA) is 120 Å². The van der Waals surface area contributed by atoms with E-state index >= 15 is 0 Å². The van der Waals surface area contributed by atoms with Crippen LogP contribution >= 0.6 is 11.6 Å². The van der Waals surface area contributed by atoms with Crippen LogP contribution in [0.5, 0.6) is 11.5 Å². The molecule has 0 spiro atoms. The minimum Gasteiger partial charge on any atom is -0.493 e. The number of hydrogen-bond donors (Lipinski definition) is 2. The van der Waals surface area contributed by atoms with Crippen LogP contribution in [0.1, 0.15) is 27.7 Å². The molecule has 0 saturated heterocycles. The van der Waals surface area contributed by atoms with Crippen molar-refractivity contribution in [2.24, 2.45) is 11.8 Å². The van der Waals surface area contributed by atoms with Gasteiger partial charge in [-0.3, -0.25) is 4.79 Å². The van der Waals surface area contributed by atoms with Crippen LogP contribution in [0, 0.1) is 11.8 Å². The van der Waals surface area contributed by atoms with Crippen LogP contribution in [-0.4, -0.2) is 49.2 Å². The lowest BCUT2D eigenvalue weighted by molar-refractivity contribution is -0.178. The Balaban J connectivity index is 2.73. The summed E-state index contributed by atoms with van der Waals surface area (Å²) >= 11 is 5.90. The van der Waals surface area contributed by atoms with E-state index in [-0.39, 0.29) is 23.3 Å². The van der Waals surface area contributed by atoms with Crippen molar-refractivity contribution in [3.63, 3.8) is 0 Å². The molecule has 29 heavy (non-hydrogen) atoms. The van der Waals surface area contributed by atoms with Crippen molar-refractivity contribution in [3.05, 3.63) is 23.2 Å². The summed E-state index contributed by atoms with van der Waals surface area (Å²) in [6.45, 7) is 6.31. The van der Waals surface area contributed by atoms with E-state index in [0.29, 0.717) is 5.02 Å². The van der Waals surface area contributed by atoms with Gasteiger partial charge in [-0.25, -0.2) is 9.59 Å². The Morgan fingerprint density at radius 1 is 1.10 bits per heavy atom. The Labute approximate surface area is 174 Å². The van der Waals surface area contributed by atoms with Gasteiger partial charge >= 0.3 is 18.0 Å². The Morgan fingerprint density at radius 2 is 1.76 bits per heavy atom. The van der Waals surface area contributed by atoms with E-state index in [4.69, 9.17) is 30.5 Å². The maximum absolute atomic E-state index is 12.0. The van der Waals surface area contributed by atoms with E-state index in [0.717, 1.165) is 0 Å². The predicted octanol–water partition coefficient (Wildman–Crippen LogP) is 3.09. The lowest BCUT2D eigenvalue weighted by atomic mass is 10.2. The molecule has 2 N–H and O–H groups in total. The highest BCUT2D eigenvalue weighted by molar-refractivity contribution is 6.30. The second kappa shape index (κ2) is 11.4. The molecule has 2 atom stereocenters. The molecule has 0 saturated carbocycles. The Kier molecular flexibility index (Phi) is 9.54. The number of rotatable bonds is 10. The molecule has 1 rings (SSSR count). The number of alkyl carbamates (subject to hydrolysis) is 1. The Bertz CT molecular complexity index is 722. The molecule has 0 bridgehead atoms. The number of hydrogen-bond acceptors (Lipinski definition) is 7. The molecule has 0 aliphatic heterocycles. The number of methoxy groups -OCH3 is 1. The van der Waals surface area contributed by atoms with Gasteiger partial charge in [0.2, 0.25) is 6.10 Å². The van der Waals surface area contributed by atoms with Crippen LogP contribution in [0.2, 0.25) is 5.02 Å². The highest BCUT2D eigenvalue weighted by atomic mass is 35.5. The van der Waals surface area contributed by atoms with E-state index in [2.05, 4.69) is 5.32 Å². The summed E-state index contributed by atoms with van der Waals surface area (Å²) in [5.41, 5.74) is 0. The number of nitrogens with one attached hydrogen (secondary N) is 1. The maximum Gasteiger partial charge on any atom is 0.410 e. The summed E-state index contributed by atoms with van der Waals surface area (Å²) in [4.78, 5) is 35.3. The average molecular weight is 432 g/mol. The molecule has 0 aliphatic carbocycles. The third-order valence-corrected chi connectivity index (χ3v) is 3.81. The summed E-state index contributed by atoms with van der Waals surface area (Å²) in [6.07, 6.45) is -3.50. The third-order valence-electron chi connectivity index (χ3n) is 3.57. The summed E-state index contributed by atoms with van der Waals surface area (Å²) in [6, 6.07) is 4.48. The smallest absolute Gasteiger partial charge is 0.410 e. The first-order chi connectivity index (χ1) is 13.5. The van der Waals surface area contributed by atoms with Crippen molar-refractivity contribution in [3.8, 4) is 11.5 Å². The van der Waals surface area contributed by atoms with Crippen molar-refractivity contribution in [1.82, 2.24) is 5.32 Å². The molecule has 0 aliphatic rings. The van der Waals surface area contributed by atoms with E-state index in [1.165, 1.54) is 19.2 Å². The fourth-order valence-corrected chi connectivity index (χ4v) is 2.11.